The van der Waals surface area contributed by atoms with Gasteiger partial charge in [0.05, 0.1) is 5.75 Å². The second-order valence-corrected chi connectivity index (χ2v) is 7.33. The molecular weight excluding hydrogens is 278 g/mol. The molecule has 2 N–H and O–H groups in total. The first-order chi connectivity index (χ1) is 9.42. The molecule has 1 fully saturated rings. The van der Waals surface area contributed by atoms with Crippen molar-refractivity contribution in [1.82, 2.24) is 14.9 Å². The molecule has 0 aromatic rings. The molecule has 0 aliphatic carbocycles. The van der Waals surface area contributed by atoms with Gasteiger partial charge in [-0.25, -0.2) is 8.42 Å². The van der Waals surface area contributed by atoms with Gasteiger partial charge in [0, 0.05) is 19.1 Å². The minimum absolute atomic E-state index is 0.116. The summed E-state index contributed by atoms with van der Waals surface area (Å²) in [6, 6.07) is -0.341. The van der Waals surface area contributed by atoms with Gasteiger partial charge < -0.3 is 10.6 Å². The van der Waals surface area contributed by atoms with E-state index in [-0.39, 0.29) is 17.7 Å². The normalized spacial score (nSPS) is 21.9. The summed E-state index contributed by atoms with van der Waals surface area (Å²) >= 11 is 0. The van der Waals surface area contributed by atoms with Crippen molar-refractivity contribution in [2.24, 2.45) is 0 Å². The van der Waals surface area contributed by atoms with Gasteiger partial charge in [0.25, 0.3) is 0 Å². The van der Waals surface area contributed by atoms with Crippen molar-refractivity contribution < 1.29 is 13.2 Å². The number of carbonyl (C=O) groups excluding carboxylic acids is 1. The number of hydrogen-bond acceptors (Lipinski definition) is 4. The van der Waals surface area contributed by atoms with Crippen LogP contribution >= 0.6 is 0 Å². The van der Waals surface area contributed by atoms with Crippen LogP contribution in [0.25, 0.3) is 0 Å². The molecule has 0 aromatic heterocycles. The summed E-state index contributed by atoms with van der Waals surface area (Å²) in [6.45, 7) is 7.66. The Hall–Kier alpha value is -0.660. The number of likely N-dealkylation sites (N-methyl/N-ethyl adjacent to an activating group) is 1. The lowest BCUT2D eigenvalue weighted by Crippen LogP contribution is -2.49. The van der Waals surface area contributed by atoms with Gasteiger partial charge in [0.15, 0.2) is 0 Å². The zero-order valence-electron chi connectivity index (χ0n) is 12.7. The number of carbonyl (C=O) groups is 1. The van der Waals surface area contributed by atoms with Crippen molar-refractivity contribution in [3.8, 4) is 0 Å². The summed E-state index contributed by atoms with van der Waals surface area (Å²) in [5.41, 5.74) is 0. The van der Waals surface area contributed by atoms with Crippen LogP contribution in [0.15, 0.2) is 0 Å². The first-order valence-corrected chi connectivity index (χ1v) is 9.03. The highest BCUT2D eigenvalue weighted by molar-refractivity contribution is 7.89. The van der Waals surface area contributed by atoms with E-state index in [1.165, 1.54) is 4.31 Å². The first kappa shape index (κ1) is 17.4. The van der Waals surface area contributed by atoms with Crippen molar-refractivity contribution in [3.63, 3.8) is 0 Å². The van der Waals surface area contributed by atoms with Crippen LogP contribution in [0, 0.1) is 0 Å². The van der Waals surface area contributed by atoms with E-state index in [9.17, 15) is 13.2 Å². The standard InChI is InChI=1S/C13H27N3O3S/c1-4-9-20(18,19)16-8-6-7-12(16)13(17)15-10-11(3)14-5-2/h11-12,14H,4-10H2,1-3H3,(H,15,17)/t11-,12?/m1/s1. The molecule has 1 heterocycles. The lowest BCUT2D eigenvalue weighted by Gasteiger charge is -2.24. The lowest BCUT2D eigenvalue weighted by molar-refractivity contribution is -0.124. The number of rotatable bonds is 8. The van der Waals surface area contributed by atoms with Crippen molar-refractivity contribution in [3.05, 3.63) is 0 Å². The van der Waals surface area contributed by atoms with Crippen LogP contribution in [-0.2, 0) is 14.8 Å². The van der Waals surface area contributed by atoms with Gasteiger partial charge in [-0.1, -0.05) is 13.8 Å². The maximum atomic E-state index is 12.2. The zero-order chi connectivity index (χ0) is 15.2. The molecule has 7 heteroatoms. The fourth-order valence-corrected chi connectivity index (χ4v) is 4.25. The number of sulfonamides is 1. The Balaban J connectivity index is 2.58. The minimum atomic E-state index is -3.30. The second kappa shape index (κ2) is 7.95. The third-order valence-electron chi connectivity index (χ3n) is 3.46. The predicted octanol–water partition coefficient (Wildman–Crippen LogP) is 0.305. The zero-order valence-corrected chi connectivity index (χ0v) is 13.5. The number of nitrogens with zero attached hydrogens (tertiary/aromatic N) is 1. The van der Waals surface area contributed by atoms with E-state index in [1.807, 2.05) is 20.8 Å². The summed E-state index contributed by atoms with van der Waals surface area (Å²) in [4.78, 5) is 12.2. The summed E-state index contributed by atoms with van der Waals surface area (Å²) in [7, 11) is -3.30. The molecule has 118 valence electrons. The third kappa shape index (κ3) is 4.71. The molecule has 1 rings (SSSR count). The van der Waals surface area contributed by atoms with Gasteiger partial charge in [-0.3, -0.25) is 4.79 Å². The Kier molecular flexibility index (Phi) is 6.91. The smallest absolute Gasteiger partial charge is 0.238 e. The predicted molar refractivity (Wildman–Crippen MR) is 80.0 cm³/mol. The van der Waals surface area contributed by atoms with E-state index >= 15 is 0 Å². The van der Waals surface area contributed by atoms with Crippen LogP contribution in [-0.4, -0.2) is 56.1 Å². The van der Waals surface area contributed by atoms with Gasteiger partial charge in [-0.05, 0) is 32.7 Å². The first-order valence-electron chi connectivity index (χ1n) is 7.43. The Morgan fingerprint density at radius 2 is 2.10 bits per heavy atom. The summed E-state index contributed by atoms with van der Waals surface area (Å²) in [5, 5.41) is 6.05. The number of amides is 1. The molecule has 1 aliphatic heterocycles. The molecule has 0 radical (unpaired) electrons. The molecule has 20 heavy (non-hydrogen) atoms. The summed E-state index contributed by atoms with van der Waals surface area (Å²) in [5.74, 6) is -0.0585. The molecule has 1 aliphatic rings. The Bertz CT molecular complexity index is 411. The third-order valence-corrected chi connectivity index (χ3v) is 5.54. The van der Waals surface area contributed by atoms with Crippen LogP contribution in [0.5, 0.6) is 0 Å². The molecular formula is C13H27N3O3S. The highest BCUT2D eigenvalue weighted by Crippen LogP contribution is 2.21. The molecule has 6 nitrogen and oxygen atoms in total. The maximum Gasteiger partial charge on any atom is 0.238 e. The van der Waals surface area contributed by atoms with Crippen LogP contribution in [0.1, 0.15) is 40.0 Å². The fraction of sp³-hybridized carbons (Fsp3) is 0.923. The molecule has 1 saturated heterocycles. The molecule has 1 amide bonds. The van der Waals surface area contributed by atoms with E-state index in [0.717, 1.165) is 13.0 Å². The number of nitrogens with one attached hydrogen (secondary N) is 2. The molecule has 0 aromatic carbocycles. The minimum Gasteiger partial charge on any atom is -0.353 e. The van der Waals surface area contributed by atoms with Crippen molar-refractivity contribution >= 4 is 15.9 Å². The topological polar surface area (TPSA) is 78.5 Å². The van der Waals surface area contributed by atoms with Gasteiger partial charge in [0.2, 0.25) is 15.9 Å². The highest BCUT2D eigenvalue weighted by Gasteiger charge is 2.37. The van der Waals surface area contributed by atoms with Crippen molar-refractivity contribution in [1.29, 1.82) is 0 Å². The largest absolute Gasteiger partial charge is 0.353 e. The maximum absolute atomic E-state index is 12.2. The van der Waals surface area contributed by atoms with Gasteiger partial charge in [-0.15, -0.1) is 0 Å². The average Bonchev–Trinajstić information content (AvgIpc) is 2.86. The van der Waals surface area contributed by atoms with Crippen LogP contribution in [0.2, 0.25) is 0 Å². The summed E-state index contributed by atoms with van der Waals surface area (Å²) in [6.07, 6.45) is 1.94. The van der Waals surface area contributed by atoms with E-state index < -0.39 is 16.1 Å². The van der Waals surface area contributed by atoms with E-state index in [2.05, 4.69) is 10.6 Å². The Morgan fingerprint density at radius 1 is 1.40 bits per heavy atom. The molecule has 1 unspecified atom stereocenters. The van der Waals surface area contributed by atoms with Gasteiger partial charge >= 0.3 is 0 Å². The van der Waals surface area contributed by atoms with Crippen molar-refractivity contribution in [2.45, 2.75) is 52.1 Å². The molecule has 0 saturated carbocycles. The Morgan fingerprint density at radius 3 is 2.70 bits per heavy atom. The fourth-order valence-electron chi connectivity index (χ4n) is 2.50. The highest BCUT2D eigenvalue weighted by atomic mass is 32.2. The van der Waals surface area contributed by atoms with E-state index in [0.29, 0.717) is 25.9 Å². The van der Waals surface area contributed by atoms with E-state index in [1.54, 1.807) is 0 Å². The van der Waals surface area contributed by atoms with Crippen LogP contribution < -0.4 is 10.6 Å². The Labute approximate surface area is 122 Å². The monoisotopic (exact) mass is 305 g/mol. The van der Waals surface area contributed by atoms with Crippen LogP contribution in [0.3, 0.4) is 0 Å². The van der Waals surface area contributed by atoms with Crippen LogP contribution in [0.4, 0.5) is 0 Å². The molecule has 0 bridgehead atoms. The van der Waals surface area contributed by atoms with E-state index in [4.69, 9.17) is 0 Å². The molecule has 2 atom stereocenters. The average molecular weight is 305 g/mol. The van der Waals surface area contributed by atoms with Gasteiger partial charge in [-0.2, -0.15) is 4.31 Å². The second-order valence-electron chi connectivity index (χ2n) is 5.29. The molecule has 0 spiro atoms. The SMILES string of the molecule is CCCS(=O)(=O)N1CCCC1C(=O)NC[C@@H](C)NCC. The number of hydrogen-bond donors (Lipinski definition) is 2. The summed E-state index contributed by atoms with van der Waals surface area (Å²) < 4.78 is 25.6. The van der Waals surface area contributed by atoms with Crippen molar-refractivity contribution in [2.75, 3.05) is 25.4 Å². The lowest BCUT2D eigenvalue weighted by atomic mass is 10.2. The quantitative estimate of drug-likeness (QED) is 0.676. The van der Waals surface area contributed by atoms with Gasteiger partial charge in [0.1, 0.15) is 6.04 Å².